The summed E-state index contributed by atoms with van der Waals surface area (Å²) in [5.41, 5.74) is 6.48. The highest BCUT2D eigenvalue weighted by atomic mass is 32.2. The lowest BCUT2D eigenvalue weighted by atomic mass is 9.71. The zero-order chi connectivity index (χ0) is 26.5. The van der Waals surface area contributed by atoms with Gasteiger partial charge in [0.05, 0.1) is 4.75 Å². The molecule has 2 amide bonds. The van der Waals surface area contributed by atoms with Gasteiger partial charge in [-0.2, -0.15) is 0 Å². The Kier molecular flexibility index (Phi) is 9.18. The fourth-order valence-electron chi connectivity index (χ4n) is 5.01. The van der Waals surface area contributed by atoms with Crippen molar-refractivity contribution in [3.8, 4) is 0 Å². The molecule has 0 aromatic rings. The number of carbonyl (C=O) groups is 5. The van der Waals surface area contributed by atoms with Gasteiger partial charge in [-0.3, -0.25) is 24.0 Å². The number of hydrogen-bond acceptors (Lipinski definition) is 8. The van der Waals surface area contributed by atoms with Gasteiger partial charge in [-0.15, -0.1) is 11.8 Å². The number of allylic oxidation sites excluding steroid dienone is 1. The summed E-state index contributed by atoms with van der Waals surface area (Å²) in [6.45, 7) is 1.42. The molecule has 3 aliphatic rings. The maximum Gasteiger partial charge on any atom is 0.322 e. The molecule has 5 atom stereocenters. The lowest BCUT2D eigenvalue weighted by molar-refractivity contribution is -0.140. The van der Waals surface area contributed by atoms with Gasteiger partial charge >= 0.3 is 17.9 Å². The number of carbonyl (C=O) groups excluding carboxylic acids is 3. The summed E-state index contributed by atoms with van der Waals surface area (Å²) in [5.74, 6) is -3.32. The van der Waals surface area contributed by atoms with Gasteiger partial charge in [0.15, 0.2) is 0 Å². The van der Waals surface area contributed by atoms with Gasteiger partial charge in [-0.1, -0.05) is 25.5 Å². The summed E-state index contributed by atoms with van der Waals surface area (Å²) >= 11 is 1.43. The third-order valence-corrected chi connectivity index (χ3v) is 8.44. The van der Waals surface area contributed by atoms with E-state index in [1.807, 2.05) is 19.1 Å². The van der Waals surface area contributed by atoms with Crippen molar-refractivity contribution in [3.05, 3.63) is 23.5 Å². The number of aliphatic carboxylic acids is 2. The highest BCUT2D eigenvalue weighted by molar-refractivity contribution is 8.00. The highest BCUT2D eigenvalue weighted by Crippen LogP contribution is 2.55. The van der Waals surface area contributed by atoms with Crippen LogP contribution in [0.3, 0.4) is 0 Å². The Morgan fingerprint density at radius 1 is 1.31 bits per heavy atom. The zero-order valence-corrected chi connectivity index (χ0v) is 21.0. The van der Waals surface area contributed by atoms with Crippen LogP contribution in [0.1, 0.15) is 51.9 Å². The van der Waals surface area contributed by atoms with E-state index in [0.29, 0.717) is 12.2 Å². The van der Waals surface area contributed by atoms with E-state index in [9.17, 15) is 24.0 Å². The maximum atomic E-state index is 12.8. The number of rotatable bonds is 13. The monoisotopic (exact) mass is 523 g/mol. The van der Waals surface area contributed by atoms with E-state index in [-0.39, 0.29) is 36.4 Å². The third-order valence-electron chi connectivity index (χ3n) is 6.80. The minimum absolute atomic E-state index is 0.111. The average molecular weight is 524 g/mol. The van der Waals surface area contributed by atoms with Crippen molar-refractivity contribution < 1.29 is 38.9 Å². The molecule has 0 spiro atoms. The summed E-state index contributed by atoms with van der Waals surface area (Å²) in [5, 5.41) is 22.8. The predicted octanol–water partition coefficient (Wildman–Crippen LogP) is 0.933. The lowest BCUT2D eigenvalue weighted by Crippen LogP contribution is -2.50. The first kappa shape index (κ1) is 27.7. The van der Waals surface area contributed by atoms with Crippen LogP contribution < -0.4 is 16.4 Å². The molecule has 1 heterocycles. The van der Waals surface area contributed by atoms with E-state index in [4.69, 9.17) is 20.7 Å². The molecule has 12 heteroatoms. The fourth-order valence-corrected chi connectivity index (χ4v) is 6.63. The van der Waals surface area contributed by atoms with E-state index in [1.54, 1.807) is 0 Å². The Morgan fingerprint density at radius 3 is 2.72 bits per heavy atom. The van der Waals surface area contributed by atoms with Crippen LogP contribution in [-0.4, -0.2) is 69.1 Å². The predicted molar refractivity (Wildman–Crippen MR) is 131 cm³/mol. The van der Waals surface area contributed by atoms with Crippen LogP contribution in [0.2, 0.25) is 0 Å². The number of carboxylic acids is 2. The van der Waals surface area contributed by atoms with Gasteiger partial charge in [0, 0.05) is 12.2 Å². The Labute approximate surface area is 213 Å². The third kappa shape index (κ3) is 6.28. The molecule has 0 fully saturated rings. The first-order valence-electron chi connectivity index (χ1n) is 12.1. The molecule has 3 rings (SSSR count). The number of nitrogens with one attached hydrogen (secondary N) is 2. The molecule has 0 unspecified atom stereocenters. The molecular formula is C24H33N3O8S. The second kappa shape index (κ2) is 11.9. The number of amides is 2. The van der Waals surface area contributed by atoms with Crippen molar-refractivity contribution >= 4 is 41.5 Å². The number of thioether (sulfide) groups is 1. The minimum Gasteiger partial charge on any atom is -0.480 e. The first-order chi connectivity index (χ1) is 17.1. The molecule has 198 valence electrons. The quantitative estimate of drug-likeness (QED) is 0.172. The summed E-state index contributed by atoms with van der Waals surface area (Å²) in [6.07, 6.45) is 7.58. The fraction of sp³-hybridized carbons (Fsp3) is 0.625. The summed E-state index contributed by atoms with van der Waals surface area (Å²) < 4.78 is 5.28. The molecule has 0 aromatic heterocycles. The van der Waals surface area contributed by atoms with E-state index in [0.717, 1.165) is 31.3 Å². The Bertz CT molecular complexity index is 980. The Balaban J connectivity index is 1.78. The van der Waals surface area contributed by atoms with E-state index >= 15 is 0 Å². The molecule has 11 nitrogen and oxygen atoms in total. The lowest BCUT2D eigenvalue weighted by Gasteiger charge is -2.41. The van der Waals surface area contributed by atoms with Gasteiger partial charge in [0.2, 0.25) is 11.8 Å². The first-order valence-corrected chi connectivity index (χ1v) is 13.1. The normalized spacial score (nSPS) is 26.0. The van der Waals surface area contributed by atoms with E-state index in [1.165, 1.54) is 11.8 Å². The zero-order valence-electron chi connectivity index (χ0n) is 20.2. The molecular weight excluding hydrogens is 490 g/mol. The van der Waals surface area contributed by atoms with Crippen molar-refractivity contribution in [3.63, 3.8) is 0 Å². The molecule has 0 saturated carbocycles. The number of ether oxygens (including phenoxy) is 1. The minimum atomic E-state index is -1.23. The second-order valence-corrected chi connectivity index (χ2v) is 10.8. The van der Waals surface area contributed by atoms with Gasteiger partial charge < -0.3 is 31.3 Å². The van der Waals surface area contributed by atoms with Crippen LogP contribution in [0.15, 0.2) is 23.5 Å². The number of hydrogen-bond donors (Lipinski definition) is 5. The van der Waals surface area contributed by atoms with Crippen molar-refractivity contribution in [1.82, 2.24) is 10.6 Å². The number of carboxylic acid groups (broad SMARTS) is 2. The summed E-state index contributed by atoms with van der Waals surface area (Å²) in [7, 11) is 0. The van der Waals surface area contributed by atoms with E-state index in [2.05, 4.69) is 10.6 Å². The number of esters is 1. The Morgan fingerprint density at radius 2 is 2.06 bits per heavy atom. The van der Waals surface area contributed by atoms with Crippen LogP contribution in [-0.2, 0) is 28.7 Å². The SMILES string of the molecule is CCC[C@]1(SC[C@H](NC(=O)CC[C@H](N)C(=O)O)C(=O)NCC(=O)O)CC[C@H]2CC=C[C@H]3C(=O)OC1=C23. The second-order valence-electron chi connectivity index (χ2n) is 9.35. The van der Waals surface area contributed by atoms with Crippen molar-refractivity contribution in [2.24, 2.45) is 17.6 Å². The highest BCUT2D eigenvalue weighted by Gasteiger charge is 2.52. The summed E-state index contributed by atoms with van der Waals surface area (Å²) in [4.78, 5) is 59.7. The molecule has 0 aromatic carbocycles. The summed E-state index contributed by atoms with van der Waals surface area (Å²) in [6, 6.07) is -2.28. The van der Waals surface area contributed by atoms with Crippen LogP contribution in [0, 0.1) is 11.8 Å². The Hall–Kier alpha value is -2.86. The molecule has 36 heavy (non-hydrogen) atoms. The molecule has 1 aliphatic heterocycles. The van der Waals surface area contributed by atoms with Crippen molar-refractivity contribution in [2.45, 2.75) is 68.7 Å². The average Bonchev–Trinajstić information content (AvgIpc) is 3.19. The van der Waals surface area contributed by atoms with Crippen LogP contribution in [0.4, 0.5) is 0 Å². The standard InChI is InChI=1S/C24H33N3O8S/c1-2-9-24(10-8-13-4-3-5-14-19(13)20(24)35-23(14)34)36-12-16(21(31)26-11-18(29)30)27-17(28)7-6-15(25)22(32)33/h3,5,13-16H,2,4,6-12,25H2,1H3,(H,26,31)(H,27,28)(H,29,30)(H,32,33)/t13-,14-,15+,16+,24+/m1/s1. The van der Waals surface area contributed by atoms with Crippen molar-refractivity contribution in [1.29, 1.82) is 0 Å². The molecule has 0 bridgehead atoms. The molecule has 0 saturated heterocycles. The van der Waals surface area contributed by atoms with Gasteiger partial charge in [0.25, 0.3) is 0 Å². The molecule has 0 radical (unpaired) electrons. The maximum absolute atomic E-state index is 12.8. The smallest absolute Gasteiger partial charge is 0.322 e. The number of nitrogens with two attached hydrogens (primary N) is 1. The molecule has 6 N–H and O–H groups in total. The van der Waals surface area contributed by atoms with Crippen molar-refractivity contribution in [2.75, 3.05) is 12.3 Å². The van der Waals surface area contributed by atoms with Gasteiger partial charge in [-0.05, 0) is 43.6 Å². The van der Waals surface area contributed by atoms with Crippen LogP contribution >= 0.6 is 11.8 Å². The largest absolute Gasteiger partial charge is 0.480 e. The van der Waals surface area contributed by atoms with Gasteiger partial charge in [-0.25, -0.2) is 0 Å². The topological polar surface area (TPSA) is 185 Å². The molecule has 2 aliphatic carbocycles. The van der Waals surface area contributed by atoms with Crippen LogP contribution in [0.5, 0.6) is 0 Å². The van der Waals surface area contributed by atoms with E-state index < -0.39 is 47.1 Å². The van der Waals surface area contributed by atoms with Gasteiger partial charge in [0.1, 0.15) is 30.3 Å². The van der Waals surface area contributed by atoms with Crippen LogP contribution in [0.25, 0.3) is 0 Å².